The van der Waals surface area contributed by atoms with Crippen LogP contribution in [0.25, 0.3) is 0 Å². The first-order valence-electron chi connectivity index (χ1n) is 12.5. The molecule has 1 fully saturated rings. The summed E-state index contributed by atoms with van der Waals surface area (Å²) in [6.45, 7) is 3.50. The third kappa shape index (κ3) is 6.78. The summed E-state index contributed by atoms with van der Waals surface area (Å²) in [6, 6.07) is 7.11. The number of rotatable bonds is 10. The van der Waals surface area contributed by atoms with Crippen LogP contribution in [0.1, 0.15) is 44.1 Å². The van der Waals surface area contributed by atoms with Crippen molar-refractivity contribution >= 4 is 0 Å². The van der Waals surface area contributed by atoms with Crippen molar-refractivity contribution in [3.63, 3.8) is 0 Å². The minimum Gasteiger partial charge on any atom is -0.462 e. The molecule has 4 rings (SSSR count). The van der Waals surface area contributed by atoms with Gasteiger partial charge in [-0.1, -0.05) is 24.1 Å². The van der Waals surface area contributed by atoms with Crippen molar-refractivity contribution < 1.29 is 44.8 Å². The fraction of sp³-hybridized carbons (Fsp3) is 0.630. The van der Waals surface area contributed by atoms with Gasteiger partial charge in [0.15, 0.2) is 5.60 Å². The van der Waals surface area contributed by atoms with Crippen molar-refractivity contribution in [2.24, 2.45) is 5.92 Å². The van der Waals surface area contributed by atoms with Crippen LogP contribution in [0.5, 0.6) is 5.75 Å². The van der Waals surface area contributed by atoms with Gasteiger partial charge in [-0.2, -0.15) is 0 Å². The SMILES string of the molecule is C=CCc1ccc(OC2OC3C(CCCO)OC#CCC(O)C(CCCO)CC2(O)C(O)C3O)cc1. The first kappa shape index (κ1) is 28.4. The molecule has 0 radical (unpaired) electrons. The van der Waals surface area contributed by atoms with Gasteiger partial charge in [-0.25, -0.2) is 0 Å². The first-order valence-corrected chi connectivity index (χ1v) is 12.5. The third-order valence-corrected chi connectivity index (χ3v) is 6.88. The van der Waals surface area contributed by atoms with Crippen LogP contribution in [0.3, 0.4) is 0 Å². The van der Waals surface area contributed by atoms with Crippen molar-refractivity contribution in [3.05, 3.63) is 42.5 Å². The summed E-state index contributed by atoms with van der Waals surface area (Å²) in [6.07, 6.45) is -1.39. The molecule has 200 valence electrons. The normalized spacial score (nSPS) is 34.4. The molecular weight excluding hydrogens is 468 g/mol. The number of benzene rings is 1. The topological polar surface area (TPSA) is 149 Å². The fourth-order valence-electron chi connectivity index (χ4n) is 4.82. The van der Waals surface area contributed by atoms with Crippen molar-refractivity contribution in [3.8, 4) is 17.8 Å². The molecule has 36 heavy (non-hydrogen) atoms. The van der Waals surface area contributed by atoms with E-state index in [0.29, 0.717) is 31.4 Å². The standard InChI is InChI=1S/C27H38O9/c1-2-6-18-10-12-20(13-11-18)35-26-27(33)17-19(7-3-14-28)21(30)8-5-16-34-22(9-4-15-29)24(36-26)23(31)25(27)32/h2,10-13,19,21-26,28-33H,1,3-4,6-9,14-15,17H2. The average Bonchev–Trinajstić information content (AvgIpc) is 2.87. The van der Waals surface area contributed by atoms with Crippen molar-refractivity contribution in [1.29, 1.82) is 0 Å². The molecule has 9 heteroatoms. The van der Waals surface area contributed by atoms with Gasteiger partial charge in [0, 0.05) is 19.6 Å². The largest absolute Gasteiger partial charge is 0.462 e. The van der Waals surface area contributed by atoms with Gasteiger partial charge >= 0.3 is 0 Å². The maximum Gasteiger partial charge on any atom is 0.232 e. The zero-order valence-corrected chi connectivity index (χ0v) is 20.4. The lowest BCUT2D eigenvalue weighted by molar-refractivity contribution is -0.333. The number of aliphatic hydroxyl groups excluding tert-OH is 5. The molecule has 2 bridgehead atoms. The fourth-order valence-corrected chi connectivity index (χ4v) is 4.82. The number of fused-ring (bicyclic) bond motifs is 8. The molecule has 1 saturated heterocycles. The van der Waals surface area contributed by atoms with Crippen molar-refractivity contribution in [2.75, 3.05) is 13.2 Å². The average molecular weight is 507 g/mol. The lowest BCUT2D eigenvalue weighted by atomic mass is 9.75. The molecule has 0 saturated carbocycles. The monoisotopic (exact) mass is 506 g/mol. The van der Waals surface area contributed by atoms with Crippen LogP contribution in [0, 0.1) is 17.9 Å². The Morgan fingerprint density at radius 1 is 1.08 bits per heavy atom. The number of ether oxygens (including phenoxy) is 3. The summed E-state index contributed by atoms with van der Waals surface area (Å²) in [5, 5.41) is 63.5. The van der Waals surface area contributed by atoms with Crippen LogP contribution in [-0.2, 0) is 15.9 Å². The van der Waals surface area contributed by atoms with E-state index >= 15 is 0 Å². The van der Waals surface area contributed by atoms with Crippen LogP contribution >= 0.6 is 0 Å². The Hall–Kier alpha value is -2.16. The van der Waals surface area contributed by atoms with Crippen LogP contribution in [0.4, 0.5) is 0 Å². The first-order chi connectivity index (χ1) is 17.3. The summed E-state index contributed by atoms with van der Waals surface area (Å²) < 4.78 is 17.8. The van der Waals surface area contributed by atoms with Gasteiger partial charge in [0.05, 0.1) is 6.10 Å². The quantitative estimate of drug-likeness (QED) is 0.198. The minimum atomic E-state index is -2.09. The molecule has 1 aromatic carbocycles. The van der Waals surface area contributed by atoms with Crippen LogP contribution in [0.2, 0.25) is 0 Å². The van der Waals surface area contributed by atoms with Gasteiger partial charge in [-0.05, 0) is 62.1 Å². The smallest absolute Gasteiger partial charge is 0.232 e. The second-order valence-electron chi connectivity index (χ2n) is 9.52. The second kappa shape index (κ2) is 13.4. The molecule has 0 amide bonds. The van der Waals surface area contributed by atoms with E-state index in [1.807, 2.05) is 12.1 Å². The minimum absolute atomic E-state index is 0.0549. The highest BCUT2D eigenvalue weighted by Crippen LogP contribution is 2.40. The molecule has 0 aliphatic carbocycles. The van der Waals surface area contributed by atoms with E-state index in [1.165, 1.54) is 0 Å². The number of hydrogen-bond donors (Lipinski definition) is 6. The Kier molecular flexibility index (Phi) is 10.6. The Morgan fingerprint density at radius 2 is 1.78 bits per heavy atom. The van der Waals surface area contributed by atoms with Gasteiger partial charge in [-0.15, -0.1) is 6.58 Å². The van der Waals surface area contributed by atoms with Crippen LogP contribution in [0.15, 0.2) is 36.9 Å². The van der Waals surface area contributed by atoms with Crippen molar-refractivity contribution in [2.45, 2.75) is 87.4 Å². The molecule has 9 nitrogen and oxygen atoms in total. The van der Waals surface area contributed by atoms with E-state index in [-0.39, 0.29) is 32.5 Å². The number of allylic oxidation sites excluding steroid dienone is 1. The van der Waals surface area contributed by atoms with E-state index in [9.17, 15) is 30.6 Å². The highest BCUT2D eigenvalue weighted by molar-refractivity contribution is 5.29. The maximum atomic E-state index is 11.8. The molecule has 1 aromatic rings. The molecule has 8 unspecified atom stereocenters. The Morgan fingerprint density at radius 3 is 2.44 bits per heavy atom. The summed E-state index contributed by atoms with van der Waals surface area (Å²) >= 11 is 0. The molecule has 3 aliphatic heterocycles. The van der Waals surface area contributed by atoms with Crippen LogP contribution < -0.4 is 4.74 Å². The zero-order valence-electron chi connectivity index (χ0n) is 20.4. The van der Waals surface area contributed by atoms with Gasteiger partial charge in [-0.3, -0.25) is 0 Å². The van der Waals surface area contributed by atoms with Crippen LogP contribution in [-0.4, -0.2) is 86.3 Å². The number of aliphatic hydroxyl groups is 6. The summed E-state index contributed by atoms with van der Waals surface area (Å²) in [4.78, 5) is 0. The lowest BCUT2D eigenvalue weighted by Crippen LogP contribution is -2.70. The molecular formula is C27H38O9. The predicted octanol–water partition coefficient (Wildman–Crippen LogP) is 0.634. The molecule has 0 aromatic heterocycles. The molecule has 8 atom stereocenters. The zero-order chi connectivity index (χ0) is 26.1. The van der Waals surface area contributed by atoms with Gasteiger partial charge in [0.25, 0.3) is 0 Å². The van der Waals surface area contributed by atoms with E-state index in [2.05, 4.69) is 18.6 Å². The predicted molar refractivity (Wildman–Crippen MR) is 131 cm³/mol. The van der Waals surface area contributed by atoms with E-state index in [0.717, 1.165) is 5.56 Å². The Bertz CT molecular complexity index is 879. The second-order valence-corrected chi connectivity index (χ2v) is 9.52. The summed E-state index contributed by atoms with van der Waals surface area (Å²) in [5.41, 5.74) is -1.08. The Balaban J connectivity index is 1.99. The van der Waals surface area contributed by atoms with Gasteiger partial charge in [0.2, 0.25) is 6.29 Å². The van der Waals surface area contributed by atoms with E-state index in [4.69, 9.17) is 14.2 Å². The molecule has 6 N–H and O–H groups in total. The lowest BCUT2D eigenvalue weighted by Gasteiger charge is -2.50. The molecule has 3 heterocycles. The Labute approximate surface area is 211 Å². The molecule has 3 aliphatic rings. The van der Waals surface area contributed by atoms with Gasteiger partial charge in [0.1, 0.15) is 36.3 Å². The molecule has 0 spiro atoms. The highest BCUT2D eigenvalue weighted by Gasteiger charge is 2.59. The summed E-state index contributed by atoms with van der Waals surface area (Å²) in [7, 11) is 0. The van der Waals surface area contributed by atoms with Crippen molar-refractivity contribution in [1.82, 2.24) is 0 Å². The van der Waals surface area contributed by atoms with E-state index in [1.54, 1.807) is 18.2 Å². The number of hydrogen-bond acceptors (Lipinski definition) is 9. The van der Waals surface area contributed by atoms with Gasteiger partial charge < -0.3 is 44.8 Å². The highest BCUT2D eigenvalue weighted by atomic mass is 16.7. The summed E-state index contributed by atoms with van der Waals surface area (Å²) in [5.74, 6) is 2.56. The maximum absolute atomic E-state index is 11.8. The third-order valence-electron chi connectivity index (χ3n) is 6.88. The van der Waals surface area contributed by atoms with E-state index < -0.39 is 48.3 Å².